The lowest BCUT2D eigenvalue weighted by Crippen LogP contribution is -2.41. The van der Waals surface area contributed by atoms with E-state index in [0.717, 1.165) is 12.8 Å². The number of carbonyl (C=O) groups excluding carboxylic acids is 1. The van der Waals surface area contributed by atoms with Gasteiger partial charge in [0.1, 0.15) is 5.75 Å². The van der Waals surface area contributed by atoms with Crippen LogP contribution in [-0.4, -0.2) is 18.1 Å². The summed E-state index contributed by atoms with van der Waals surface area (Å²) in [5, 5.41) is 3.95. The fraction of sp³-hybridized carbons (Fsp3) is 0.500. The van der Waals surface area contributed by atoms with Gasteiger partial charge in [0.15, 0.2) is 6.10 Å². The van der Waals surface area contributed by atoms with Gasteiger partial charge in [-0.1, -0.05) is 36.0 Å². The zero-order chi connectivity index (χ0) is 13.8. The Kier molecular flexibility index (Phi) is 4.94. The van der Waals surface area contributed by atoms with Crippen molar-refractivity contribution in [2.45, 2.75) is 44.8 Å². The van der Waals surface area contributed by atoms with Crippen LogP contribution in [0.2, 0.25) is 10.0 Å². The molecule has 1 fully saturated rings. The molecule has 0 bridgehead atoms. The molecule has 1 aromatic rings. The van der Waals surface area contributed by atoms with Crippen molar-refractivity contribution in [1.29, 1.82) is 0 Å². The molecule has 0 aliphatic heterocycles. The molecule has 2 rings (SSSR count). The molecule has 0 spiro atoms. The molecule has 0 aromatic heterocycles. The van der Waals surface area contributed by atoms with Crippen LogP contribution in [0, 0.1) is 0 Å². The van der Waals surface area contributed by atoms with Crippen molar-refractivity contribution < 1.29 is 9.53 Å². The number of halogens is 2. The molecule has 104 valence electrons. The lowest BCUT2D eigenvalue weighted by atomic mass is 10.2. The number of carbonyl (C=O) groups is 1. The Bertz CT molecular complexity index is 459. The monoisotopic (exact) mass is 301 g/mol. The summed E-state index contributed by atoms with van der Waals surface area (Å²) in [6.07, 6.45) is 3.91. The third kappa shape index (κ3) is 4.02. The fourth-order valence-corrected chi connectivity index (χ4v) is 2.66. The van der Waals surface area contributed by atoms with Crippen LogP contribution in [-0.2, 0) is 4.79 Å². The van der Waals surface area contributed by atoms with Crippen molar-refractivity contribution in [2.24, 2.45) is 0 Å². The van der Waals surface area contributed by atoms with Gasteiger partial charge in [0, 0.05) is 11.1 Å². The van der Waals surface area contributed by atoms with Crippen molar-refractivity contribution in [3.8, 4) is 5.75 Å². The summed E-state index contributed by atoms with van der Waals surface area (Å²) >= 11 is 11.8. The van der Waals surface area contributed by atoms with E-state index >= 15 is 0 Å². The minimum absolute atomic E-state index is 0.0992. The third-order valence-corrected chi connectivity index (χ3v) is 3.80. The van der Waals surface area contributed by atoms with Crippen molar-refractivity contribution in [1.82, 2.24) is 5.32 Å². The van der Waals surface area contributed by atoms with Gasteiger partial charge >= 0.3 is 0 Å². The maximum Gasteiger partial charge on any atom is 0.260 e. The normalized spacial score (nSPS) is 17.2. The molecule has 5 heteroatoms. The molecule has 19 heavy (non-hydrogen) atoms. The molecular weight excluding hydrogens is 285 g/mol. The van der Waals surface area contributed by atoms with Crippen molar-refractivity contribution >= 4 is 29.1 Å². The summed E-state index contributed by atoms with van der Waals surface area (Å²) in [7, 11) is 0. The van der Waals surface area contributed by atoms with Crippen LogP contribution < -0.4 is 10.1 Å². The summed E-state index contributed by atoms with van der Waals surface area (Å²) < 4.78 is 5.57. The number of hydrogen-bond acceptors (Lipinski definition) is 2. The van der Waals surface area contributed by atoms with Crippen molar-refractivity contribution in [3.05, 3.63) is 28.2 Å². The highest BCUT2D eigenvalue weighted by Gasteiger charge is 2.22. The van der Waals surface area contributed by atoms with Crippen LogP contribution in [0.1, 0.15) is 32.6 Å². The number of hydrogen-bond donors (Lipinski definition) is 1. The Labute approximate surface area is 123 Å². The van der Waals surface area contributed by atoms with Gasteiger partial charge in [-0.25, -0.2) is 0 Å². The van der Waals surface area contributed by atoms with E-state index in [9.17, 15) is 4.79 Å². The van der Waals surface area contributed by atoms with Crippen LogP contribution >= 0.6 is 23.2 Å². The van der Waals surface area contributed by atoms with E-state index < -0.39 is 6.10 Å². The van der Waals surface area contributed by atoms with E-state index in [-0.39, 0.29) is 5.91 Å². The number of nitrogens with one attached hydrogen (secondary N) is 1. The van der Waals surface area contributed by atoms with Crippen LogP contribution in [0.15, 0.2) is 18.2 Å². The molecule has 1 aliphatic carbocycles. The maximum atomic E-state index is 12.0. The zero-order valence-corrected chi connectivity index (χ0v) is 12.3. The first-order chi connectivity index (χ1) is 9.06. The summed E-state index contributed by atoms with van der Waals surface area (Å²) in [6.45, 7) is 1.72. The van der Waals surface area contributed by atoms with E-state index in [1.807, 2.05) is 0 Å². The van der Waals surface area contributed by atoms with E-state index in [2.05, 4.69) is 5.32 Å². The number of benzene rings is 1. The highest BCUT2D eigenvalue weighted by molar-refractivity contribution is 6.35. The second-order valence-electron chi connectivity index (χ2n) is 4.82. The Morgan fingerprint density at radius 3 is 2.68 bits per heavy atom. The van der Waals surface area contributed by atoms with Gasteiger partial charge in [0.05, 0.1) is 5.02 Å². The zero-order valence-electron chi connectivity index (χ0n) is 10.8. The van der Waals surface area contributed by atoms with Gasteiger partial charge in [0.2, 0.25) is 0 Å². The van der Waals surface area contributed by atoms with Gasteiger partial charge < -0.3 is 10.1 Å². The smallest absolute Gasteiger partial charge is 0.260 e. The lowest BCUT2D eigenvalue weighted by Gasteiger charge is -2.18. The van der Waals surface area contributed by atoms with E-state index in [0.29, 0.717) is 21.8 Å². The molecule has 1 amide bonds. The van der Waals surface area contributed by atoms with E-state index in [1.54, 1.807) is 25.1 Å². The number of rotatable bonds is 4. The largest absolute Gasteiger partial charge is 0.479 e. The quantitative estimate of drug-likeness (QED) is 0.918. The van der Waals surface area contributed by atoms with Crippen molar-refractivity contribution in [3.63, 3.8) is 0 Å². The third-order valence-electron chi connectivity index (χ3n) is 3.27. The van der Waals surface area contributed by atoms with Gasteiger partial charge in [-0.2, -0.15) is 0 Å². The lowest BCUT2D eigenvalue weighted by molar-refractivity contribution is -0.127. The Balaban J connectivity index is 1.92. The predicted octanol–water partition coefficient (Wildman–Crippen LogP) is 3.82. The minimum Gasteiger partial charge on any atom is -0.479 e. The first-order valence-electron chi connectivity index (χ1n) is 6.48. The molecule has 0 radical (unpaired) electrons. The van der Waals surface area contributed by atoms with Gasteiger partial charge in [0.25, 0.3) is 5.91 Å². The molecule has 1 saturated carbocycles. The van der Waals surface area contributed by atoms with Gasteiger partial charge in [-0.05, 0) is 38.0 Å². The highest BCUT2D eigenvalue weighted by Crippen LogP contribution is 2.28. The van der Waals surface area contributed by atoms with Crippen LogP contribution in [0.3, 0.4) is 0 Å². The predicted molar refractivity (Wildman–Crippen MR) is 77.0 cm³/mol. The maximum absolute atomic E-state index is 12.0. The summed E-state index contributed by atoms with van der Waals surface area (Å²) in [4.78, 5) is 12.0. The fourth-order valence-electron chi connectivity index (χ4n) is 2.20. The average molecular weight is 302 g/mol. The molecule has 1 aromatic carbocycles. The Morgan fingerprint density at radius 1 is 1.37 bits per heavy atom. The van der Waals surface area contributed by atoms with Crippen LogP contribution in [0.5, 0.6) is 5.75 Å². The summed E-state index contributed by atoms with van der Waals surface area (Å²) in [5.41, 5.74) is 0. The molecule has 1 atom stereocenters. The first-order valence-corrected chi connectivity index (χ1v) is 7.24. The first kappa shape index (κ1) is 14.5. The molecule has 3 nitrogen and oxygen atoms in total. The molecule has 0 saturated heterocycles. The summed E-state index contributed by atoms with van der Waals surface area (Å²) in [5.74, 6) is 0.373. The minimum atomic E-state index is -0.570. The Morgan fingerprint density at radius 2 is 2.05 bits per heavy atom. The van der Waals surface area contributed by atoms with Gasteiger partial charge in [-0.15, -0.1) is 0 Å². The van der Waals surface area contributed by atoms with Crippen molar-refractivity contribution in [2.75, 3.05) is 0 Å². The highest BCUT2D eigenvalue weighted by atomic mass is 35.5. The number of amides is 1. The Hall–Kier alpha value is -0.930. The van der Waals surface area contributed by atoms with E-state index in [4.69, 9.17) is 27.9 Å². The van der Waals surface area contributed by atoms with E-state index in [1.165, 1.54) is 12.8 Å². The van der Waals surface area contributed by atoms with Crippen LogP contribution in [0.4, 0.5) is 0 Å². The second kappa shape index (κ2) is 6.49. The molecule has 0 heterocycles. The standard InChI is InChI=1S/C14H17Cl2NO2/c1-9(14(18)17-11-4-2-3-5-11)19-13-7-6-10(15)8-12(13)16/h6-9,11H,2-5H2,1H3,(H,17,18). The topological polar surface area (TPSA) is 38.3 Å². The van der Waals surface area contributed by atoms with Crippen LogP contribution in [0.25, 0.3) is 0 Å². The van der Waals surface area contributed by atoms with Gasteiger partial charge in [-0.3, -0.25) is 4.79 Å². The molecule has 1 unspecified atom stereocenters. The molecule has 1 aliphatic rings. The number of ether oxygens (including phenoxy) is 1. The molecule has 1 N–H and O–H groups in total. The average Bonchev–Trinajstić information content (AvgIpc) is 2.85. The summed E-state index contributed by atoms with van der Waals surface area (Å²) in [6, 6.07) is 5.24. The SMILES string of the molecule is CC(Oc1ccc(Cl)cc1Cl)C(=O)NC1CCCC1. The molecular formula is C14H17Cl2NO2. The second-order valence-corrected chi connectivity index (χ2v) is 5.67.